The van der Waals surface area contributed by atoms with Crippen LogP contribution in [0.25, 0.3) is 11.1 Å². The lowest BCUT2D eigenvalue weighted by molar-refractivity contribution is -0.124. The molecule has 162 valence electrons. The topological polar surface area (TPSA) is 60.0 Å². The van der Waals surface area contributed by atoms with Gasteiger partial charge in [0.1, 0.15) is 11.7 Å². The largest absolute Gasteiger partial charge is 0.493 e. The predicted octanol–water partition coefficient (Wildman–Crippen LogP) is 3.79. The van der Waals surface area contributed by atoms with Gasteiger partial charge >= 0.3 is 0 Å². The minimum atomic E-state index is -1.25. The molecule has 0 saturated carbocycles. The highest BCUT2D eigenvalue weighted by atomic mass is 16.5. The zero-order chi connectivity index (χ0) is 21.7. The molecule has 0 aliphatic carbocycles. The molecule has 0 aromatic heterocycles. The van der Waals surface area contributed by atoms with Crippen molar-refractivity contribution >= 4 is 0 Å². The first kappa shape index (κ1) is 21.4. The second-order valence-electron chi connectivity index (χ2n) is 7.72. The van der Waals surface area contributed by atoms with Gasteiger partial charge in [-0.25, -0.2) is 0 Å². The van der Waals surface area contributed by atoms with Crippen LogP contribution in [0.2, 0.25) is 0 Å². The summed E-state index contributed by atoms with van der Waals surface area (Å²) in [6, 6.07) is 23.8. The Morgan fingerprint density at radius 1 is 0.968 bits per heavy atom. The van der Waals surface area contributed by atoms with E-state index in [0.29, 0.717) is 31.1 Å². The number of hydrogen-bond acceptors (Lipinski definition) is 5. The number of rotatable bonds is 7. The molecule has 2 N–H and O–H groups in total. The highest BCUT2D eigenvalue weighted by Crippen LogP contribution is 2.43. The maximum atomic E-state index is 12.2. The number of morpholine rings is 1. The molecule has 0 amide bonds. The zero-order valence-electron chi connectivity index (χ0n) is 18.0. The second kappa shape index (κ2) is 9.52. The quantitative estimate of drug-likeness (QED) is 0.610. The number of hydrogen-bond donors (Lipinski definition) is 2. The average Bonchev–Trinajstić information content (AvgIpc) is 2.85. The Morgan fingerprint density at radius 3 is 2.29 bits per heavy atom. The molecule has 1 aliphatic rings. The second-order valence-corrected chi connectivity index (χ2v) is 7.72. The highest BCUT2D eigenvalue weighted by Gasteiger charge is 2.42. The van der Waals surface area contributed by atoms with Crippen LogP contribution in [0.15, 0.2) is 72.8 Å². The van der Waals surface area contributed by atoms with Gasteiger partial charge in [0.25, 0.3) is 0 Å². The standard InChI is InChI=1S/C26H29NO4/c1-29-23-14-13-21(19-9-5-3-6-10-19)22(25(23)30-2)17-26(28,20-11-7-4-8-12-20)24-18-27-15-16-31-24/h3-14,24,27-28H,15-18H2,1-2H3. The van der Waals surface area contributed by atoms with Gasteiger partial charge in [-0.05, 0) is 22.8 Å². The van der Waals surface area contributed by atoms with Crippen LogP contribution in [-0.2, 0) is 16.8 Å². The Balaban J connectivity index is 1.88. The molecule has 2 atom stereocenters. The van der Waals surface area contributed by atoms with Gasteiger partial charge in [-0.1, -0.05) is 66.7 Å². The summed E-state index contributed by atoms with van der Waals surface area (Å²) in [6.45, 7) is 1.90. The Bertz CT molecular complexity index is 987. The predicted molar refractivity (Wildman–Crippen MR) is 122 cm³/mol. The third-order valence-corrected chi connectivity index (χ3v) is 5.91. The number of methoxy groups -OCH3 is 2. The molecule has 1 aliphatic heterocycles. The summed E-state index contributed by atoms with van der Waals surface area (Å²) in [6.07, 6.45) is -0.0864. The summed E-state index contributed by atoms with van der Waals surface area (Å²) in [5.74, 6) is 1.26. The average molecular weight is 420 g/mol. The SMILES string of the molecule is COc1ccc(-c2ccccc2)c(CC(O)(c2ccccc2)C2CNCCO2)c1OC. The summed E-state index contributed by atoms with van der Waals surface area (Å²) in [5.41, 5.74) is 2.49. The van der Waals surface area contributed by atoms with E-state index in [4.69, 9.17) is 14.2 Å². The molecule has 4 rings (SSSR count). The monoisotopic (exact) mass is 419 g/mol. The fraction of sp³-hybridized carbons (Fsp3) is 0.308. The summed E-state index contributed by atoms with van der Waals surface area (Å²) in [5, 5.41) is 15.5. The molecule has 0 radical (unpaired) electrons. The van der Waals surface area contributed by atoms with Crippen molar-refractivity contribution in [3.8, 4) is 22.6 Å². The Labute approximate surface area is 183 Å². The third kappa shape index (κ3) is 4.30. The van der Waals surface area contributed by atoms with Crippen molar-refractivity contribution < 1.29 is 19.3 Å². The first-order valence-electron chi connectivity index (χ1n) is 10.6. The first-order chi connectivity index (χ1) is 15.2. The number of aliphatic hydroxyl groups is 1. The zero-order valence-corrected chi connectivity index (χ0v) is 18.0. The Morgan fingerprint density at radius 2 is 1.68 bits per heavy atom. The van der Waals surface area contributed by atoms with E-state index in [2.05, 4.69) is 17.4 Å². The van der Waals surface area contributed by atoms with Crippen LogP contribution in [0.4, 0.5) is 0 Å². The van der Waals surface area contributed by atoms with Crippen LogP contribution < -0.4 is 14.8 Å². The normalized spacial score (nSPS) is 18.2. The lowest BCUT2D eigenvalue weighted by Gasteiger charge is -2.39. The lowest BCUT2D eigenvalue weighted by atomic mass is 9.79. The molecular weight excluding hydrogens is 390 g/mol. The summed E-state index contributed by atoms with van der Waals surface area (Å²) in [4.78, 5) is 0. The molecule has 0 spiro atoms. The number of nitrogens with one attached hydrogen (secondary N) is 1. The van der Waals surface area contributed by atoms with E-state index < -0.39 is 11.7 Å². The fourth-order valence-corrected chi connectivity index (χ4v) is 4.32. The van der Waals surface area contributed by atoms with Crippen LogP contribution in [0.1, 0.15) is 11.1 Å². The first-order valence-corrected chi connectivity index (χ1v) is 10.6. The van der Waals surface area contributed by atoms with E-state index in [1.165, 1.54) is 0 Å². The van der Waals surface area contributed by atoms with E-state index in [-0.39, 0.29) is 0 Å². The maximum Gasteiger partial charge on any atom is 0.164 e. The molecule has 2 unspecified atom stereocenters. The van der Waals surface area contributed by atoms with Gasteiger partial charge in [-0.2, -0.15) is 0 Å². The number of benzene rings is 3. The van der Waals surface area contributed by atoms with Crippen LogP contribution in [0.3, 0.4) is 0 Å². The lowest BCUT2D eigenvalue weighted by Crippen LogP contribution is -2.52. The van der Waals surface area contributed by atoms with E-state index in [9.17, 15) is 5.11 Å². The summed E-state index contributed by atoms with van der Waals surface area (Å²) in [7, 11) is 3.26. The minimum Gasteiger partial charge on any atom is -0.493 e. The van der Waals surface area contributed by atoms with Crippen LogP contribution in [0.5, 0.6) is 11.5 Å². The minimum absolute atomic E-state index is 0.313. The van der Waals surface area contributed by atoms with E-state index in [1.54, 1.807) is 14.2 Å². The van der Waals surface area contributed by atoms with Crippen molar-refractivity contribution in [3.63, 3.8) is 0 Å². The van der Waals surface area contributed by atoms with Gasteiger partial charge in [0.15, 0.2) is 11.5 Å². The van der Waals surface area contributed by atoms with Crippen LogP contribution in [0, 0.1) is 0 Å². The van der Waals surface area contributed by atoms with Gasteiger partial charge in [-0.15, -0.1) is 0 Å². The molecule has 1 saturated heterocycles. The molecule has 1 heterocycles. The van der Waals surface area contributed by atoms with E-state index in [0.717, 1.165) is 28.8 Å². The smallest absolute Gasteiger partial charge is 0.164 e. The molecular formula is C26H29NO4. The maximum absolute atomic E-state index is 12.2. The molecule has 0 bridgehead atoms. The van der Waals surface area contributed by atoms with Crippen LogP contribution in [-0.4, -0.2) is 45.1 Å². The Kier molecular flexibility index (Phi) is 6.56. The van der Waals surface area contributed by atoms with E-state index >= 15 is 0 Å². The van der Waals surface area contributed by atoms with Crippen molar-refractivity contribution in [1.29, 1.82) is 0 Å². The van der Waals surface area contributed by atoms with Crippen LogP contribution >= 0.6 is 0 Å². The molecule has 5 nitrogen and oxygen atoms in total. The van der Waals surface area contributed by atoms with Gasteiger partial charge in [0, 0.05) is 25.1 Å². The van der Waals surface area contributed by atoms with Crippen molar-refractivity contribution in [1.82, 2.24) is 5.32 Å². The molecule has 5 heteroatoms. The van der Waals surface area contributed by atoms with Crippen molar-refractivity contribution in [2.45, 2.75) is 18.1 Å². The van der Waals surface area contributed by atoms with Gasteiger partial charge < -0.3 is 24.6 Å². The summed E-state index contributed by atoms with van der Waals surface area (Å²) >= 11 is 0. The number of ether oxygens (including phenoxy) is 3. The third-order valence-electron chi connectivity index (χ3n) is 5.91. The van der Waals surface area contributed by atoms with Crippen molar-refractivity contribution in [2.24, 2.45) is 0 Å². The van der Waals surface area contributed by atoms with Crippen molar-refractivity contribution in [2.75, 3.05) is 33.9 Å². The Hall–Kier alpha value is -2.86. The van der Waals surface area contributed by atoms with E-state index in [1.807, 2.05) is 60.7 Å². The van der Waals surface area contributed by atoms with Gasteiger partial charge in [0.2, 0.25) is 0 Å². The summed E-state index contributed by atoms with van der Waals surface area (Å²) < 4.78 is 17.5. The molecule has 3 aromatic carbocycles. The van der Waals surface area contributed by atoms with Gasteiger partial charge in [-0.3, -0.25) is 0 Å². The molecule has 1 fully saturated rings. The van der Waals surface area contributed by atoms with Gasteiger partial charge in [0.05, 0.1) is 20.8 Å². The molecule has 31 heavy (non-hydrogen) atoms. The fourth-order valence-electron chi connectivity index (χ4n) is 4.32. The highest BCUT2D eigenvalue weighted by molar-refractivity contribution is 5.73. The van der Waals surface area contributed by atoms with Crippen molar-refractivity contribution in [3.05, 3.63) is 83.9 Å². The molecule has 3 aromatic rings.